The van der Waals surface area contributed by atoms with Crippen LogP contribution in [-0.2, 0) is 9.53 Å². The maximum absolute atomic E-state index is 12.6. The molecular formula is C22H14BrCl3N4O4. The SMILES string of the molecule is COC(=O)/C(NC(=O)c1cccnc1Cl)=C(/Br)c1ccc(NC(=O)c2c(Cl)cncc2Cl)cc1. The van der Waals surface area contributed by atoms with Crippen molar-refractivity contribution in [3.8, 4) is 0 Å². The number of anilines is 1. The molecule has 0 aliphatic carbocycles. The second-order valence-electron chi connectivity index (χ2n) is 6.49. The summed E-state index contributed by atoms with van der Waals surface area (Å²) in [6, 6.07) is 9.41. The van der Waals surface area contributed by atoms with Crippen LogP contribution in [0, 0.1) is 0 Å². The summed E-state index contributed by atoms with van der Waals surface area (Å²) in [6.45, 7) is 0. The van der Waals surface area contributed by atoms with Gasteiger partial charge in [-0.2, -0.15) is 0 Å². The molecule has 174 valence electrons. The molecule has 0 bridgehead atoms. The fourth-order valence-electron chi connectivity index (χ4n) is 2.70. The van der Waals surface area contributed by atoms with Crippen LogP contribution >= 0.6 is 50.7 Å². The Morgan fingerprint density at radius 1 is 0.971 bits per heavy atom. The van der Waals surface area contributed by atoms with Crippen molar-refractivity contribution in [1.82, 2.24) is 15.3 Å². The number of amides is 2. The lowest BCUT2D eigenvalue weighted by atomic mass is 10.1. The van der Waals surface area contributed by atoms with Gasteiger partial charge in [0.05, 0.1) is 32.8 Å². The molecule has 3 rings (SSSR count). The van der Waals surface area contributed by atoms with Gasteiger partial charge in [-0.3, -0.25) is 14.6 Å². The number of hydrogen-bond donors (Lipinski definition) is 2. The molecule has 0 spiro atoms. The van der Waals surface area contributed by atoms with Crippen molar-refractivity contribution in [3.05, 3.63) is 92.6 Å². The first-order valence-electron chi connectivity index (χ1n) is 9.33. The number of carbonyl (C=O) groups is 3. The minimum atomic E-state index is -0.792. The number of hydrogen-bond acceptors (Lipinski definition) is 6. The number of pyridine rings is 2. The van der Waals surface area contributed by atoms with Crippen LogP contribution in [0.2, 0.25) is 15.2 Å². The summed E-state index contributed by atoms with van der Waals surface area (Å²) in [7, 11) is 1.18. The maximum Gasteiger partial charge on any atom is 0.355 e. The molecule has 34 heavy (non-hydrogen) atoms. The molecule has 1 aromatic carbocycles. The number of aromatic nitrogens is 2. The molecule has 0 saturated heterocycles. The first-order valence-corrected chi connectivity index (χ1v) is 11.3. The highest BCUT2D eigenvalue weighted by molar-refractivity contribution is 9.15. The Labute approximate surface area is 217 Å². The molecule has 2 aromatic heterocycles. The summed E-state index contributed by atoms with van der Waals surface area (Å²) < 4.78 is 5.03. The van der Waals surface area contributed by atoms with Crippen LogP contribution in [0.15, 0.2) is 60.7 Å². The zero-order valence-electron chi connectivity index (χ0n) is 17.2. The van der Waals surface area contributed by atoms with E-state index in [0.29, 0.717) is 11.3 Å². The quantitative estimate of drug-likeness (QED) is 0.230. The monoisotopic (exact) mass is 582 g/mol. The van der Waals surface area contributed by atoms with Crippen molar-refractivity contribution in [2.75, 3.05) is 12.4 Å². The summed E-state index contributed by atoms with van der Waals surface area (Å²) >= 11 is 21.3. The van der Waals surface area contributed by atoms with Crippen LogP contribution in [0.1, 0.15) is 26.3 Å². The lowest BCUT2D eigenvalue weighted by Gasteiger charge is -2.13. The van der Waals surface area contributed by atoms with Crippen LogP contribution in [0.5, 0.6) is 0 Å². The Hall–Kier alpha value is -2.98. The number of methoxy groups -OCH3 is 1. The van der Waals surface area contributed by atoms with E-state index in [1.165, 1.54) is 37.8 Å². The van der Waals surface area contributed by atoms with E-state index in [-0.39, 0.29) is 36.5 Å². The predicted molar refractivity (Wildman–Crippen MR) is 133 cm³/mol. The van der Waals surface area contributed by atoms with Crippen molar-refractivity contribution >= 4 is 78.7 Å². The average Bonchev–Trinajstić information content (AvgIpc) is 2.82. The first-order chi connectivity index (χ1) is 16.2. The smallest absolute Gasteiger partial charge is 0.355 e. The number of benzene rings is 1. The van der Waals surface area contributed by atoms with E-state index in [4.69, 9.17) is 39.5 Å². The van der Waals surface area contributed by atoms with Crippen molar-refractivity contribution in [3.63, 3.8) is 0 Å². The minimum absolute atomic E-state index is 0.0187. The largest absolute Gasteiger partial charge is 0.464 e. The van der Waals surface area contributed by atoms with Crippen LogP contribution < -0.4 is 10.6 Å². The fraction of sp³-hybridized carbons (Fsp3) is 0.0455. The number of rotatable bonds is 6. The lowest BCUT2D eigenvalue weighted by Crippen LogP contribution is -2.29. The molecule has 0 unspecified atom stereocenters. The molecule has 0 radical (unpaired) electrons. The van der Waals surface area contributed by atoms with E-state index >= 15 is 0 Å². The normalized spacial score (nSPS) is 11.3. The van der Waals surface area contributed by atoms with Crippen molar-refractivity contribution < 1.29 is 19.1 Å². The van der Waals surface area contributed by atoms with Crippen LogP contribution in [0.3, 0.4) is 0 Å². The Morgan fingerprint density at radius 3 is 2.21 bits per heavy atom. The Balaban J connectivity index is 1.85. The summed E-state index contributed by atoms with van der Waals surface area (Å²) in [5.41, 5.74) is 0.963. The predicted octanol–water partition coefficient (Wildman–Crippen LogP) is 5.36. The summed E-state index contributed by atoms with van der Waals surface area (Å²) in [5.74, 6) is -1.96. The molecule has 2 N–H and O–H groups in total. The second-order valence-corrected chi connectivity index (χ2v) is 8.45. The van der Waals surface area contributed by atoms with Gasteiger partial charge >= 0.3 is 5.97 Å². The van der Waals surface area contributed by atoms with E-state index in [1.807, 2.05) is 0 Å². The average molecular weight is 585 g/mol. The first kappa shape index (κ1) is 25.6. The number of carbonyl (C=O) groups excluding carboxylic acids is 3. The zero-order valence-corrected chi connectivity index (χ0v) is 21.1. The van der Waals surface area contributed by atoms with Gasteiger partial charge in [0.2, 0.25) is 0 Å². The van der Waals surface area contributed by atoms with Crippen molar-refractivity contribution in [1.29, 1.82) is 0 Å². The lowest BCUT2D eigenvalue weighted by molar-refractivity contribution is -0.136. The minimum Gasteiger partial charge on any atom is -0.464 e. The van der Waals surface area contributed by atoms with Gasteiger partial charge in [0.1, 0.15) is 10.9 Å². The van der Waals surface area contributed by atoms with Crippen molar-refractivity contribution in [2.45, 2.75) is 0 Å². The second kappa shape index (κ2) is 11.4. The van der Waals surface area contributed by atoms with Gasteiger partial charge < -0.3 is 15.4 Å². The van der Waals surface area contributed by atoms with Gasteiger partial charge in [-0.1, -0.05) is 46.9 Å². The van der Waals surface area contributed by atoms with Gasteiger partial charge in [-0.05, 0) is 45.8 Å². The van der Waals surface area contributed by atoms with Gasteiger partial charge in [-0.15, -0.1) is 0 Å². The highest BCUT2D eigenvalue weighted by atomic mass is 79.9. The Kier molecular flexibility index (Phi) is 8.62. The summed E-state index contributed by atoms with van der Waals surface area (Å²) in [6.07, 6.45) is 4.06. The van der Waals surface area contributed by atoms with E-state index in [9.17, 15) is 14.4 Å². The number of ether oxygens (including phenoxy) is 1. The van der Waals surface area contributed by atoms with Crippen LogP contribution in [-0.4, -0.2) is 34.9 Å². The highest BCUT2D eigenvalue weighted by Crippen LogP contribution is 2.28. The number of nitrogens with zero attached hydrogens (tertiary/aromatic N) is 2. The topological polar surface area (TPSA) is 110 Å². The summed E-state index contributed by atoms with van der Waals surface area (Å²) in [4.78, 5) is 45.2. The molecule has 0 fully saturated rings. The molecule has 2 heterocycles. The zero-order chi connectivity index (χ0) is 24.8. The molecule has 12 heteroatoms. The van der Waals surface area contributed by atoms with Crippen LogP contribution in [0.25, 0.3) is 4.48 Å². The molecular weight excluding hydrogens is 571 g/mol. The molecule has 0 aliphatic rings. The number of halogens is 4. The molecule has 8 nitrogen and oxygen atoms in total. The Bertz CT molecular complexity index is 1280. The van der Waals surface area contributed by atoms with Crippen LogP contribution in [0.4, 0.5) is 5.69 Å². The van der Waals surface area contributed by atoms with Gasteiger partial charge in [0, 0.05) is 24.3 Å². The molecule has 0 saturated carbocycles. The van der Waals surface area contributed by atoms with Gasteiger partial charge in [-0.25, -0.2) is 9.78 Å². The Morgan fingerprint density at radius 2 is 1.62 bits per heavy atom. The third-order valence-electron chi connectivity index (χ3n) is 4.33. The maximum atomic E-state index is 12.6. The molecule has 2 amide bonds. The van der Waals surface area contributed by atoms with E-state index in [2.05, 4.69) is 36.5 Å². The molecule has 0 atom stereocenters. The number of nitrogens with one attached hydrogen (secondary N) is 2. The van der Waals surface area contributed by atoms with E-state index < -0.39 is 17.8 Å². The van der Waals surface area contributed by atoms with Gasteiger partial charge in [0.25, 0.3) is 11.8 Å². The van der Waals surface area contributed by atoms with E-state index in [0.717, 1.165) is 0 Å². The van der Waals surface area contributed by atoms with Gasteiger partial charge in [0.15, 0.2) is 0 Å². The number of esters is 1. The third-order valence-corrected chi connectivity index (χ3v) is 6.06. The fourth-order valence-corrected chi connectivity index (χ4v) is 3.97. The summed E-state index contributed by atoms with van der Waals surface area (Å²) in [5, 5.41) is 5.38. The molecule has 3 aromatic rings. The van der Waals surface area contributed by atoms with E-state index in [1.54, 1.807) is 24.3 Å². The third kappa shape index (κ3) is 5.92. The standard InChI is InChI=1S/C22H14BrCl3N4O4/c1-34-22(33)18(30-20(31)13-3-2-8-28-19(13)26)17(23)11-4-6-12(7-5-11)29-21(32)16-14(24)9-27-10-15(16)25/h2-10H,1H3,(H,29,32)(H,30,31)/b18-17-. The molecule has 0 aliphatic heterocycles. The highest BCUT2D eigenvalue weighted by Gasteiger charge is 2.21. The van der Waals surface area contributed by atoms with Crippen molar-refractivity contribution in [2.24, 2.45) is 0 Å².